The number of hydrogen-bond donors (Lipinski definition) is 3. The fourth-order valence-electron chi connectivity index (χ4n) is 4.42. The van der Waals surface area contributed by atoms with Crippen molar-refractivity contribution in [3.8, 4) is 0 Å². The van der Waals surface area contributed by atoms with Crippen molar-refractivity contribution in [3.05, 3.63) is 59.2 Å². The number of rotatable bonds is 5. The third-order valence-corrected chi connectivity index (χ3v) is 6.84. The van der Waals surface area contributed by atoms with E-state index < -0.39 is 6.04 Å². The summed E-state index contributed by atoms with van der Waals surface area (Å²) in [6.45, 7) is 5.53. The third-order valence-electron chi connectivity index (χ3n) is 6.84. The van der Waals surface area contributed by atoms with Crippen molar-refractivity contribution in [2.75, 3.05) is 30.6 Å². The Bertz CT molecular complexity index is 1240. The van der Waals surface area contributed by atoms with Gasteiger partial charge in [0.25, 0.3) is 5.91 Å². The second-order valence-electron chi connectivity index (χ2n) is 9.93. The molecule has 2 fully saturated rings. The Hall–Kier alpha value is -3.47. The molecule has 0 saturated carbocycles. The topological polar surface area (TPSA) is 98.8 Å². The number of likely N-dealkylation sites (N-methyl/N-ethyl adjacent to an activating group) is 2. The van der Waals surface area contributed by atoms with Crippen LogP contribution in [0.5, 0.6) is 0 Å². The predicted octanol–water partition coefficient (Wildman–Crippen LogP) is 4.43. The van der Waals surface area contributed by atoms with Crippen LogP contribution in [0, 0.1) is 18.6 Å². The van der Waals surface area contributed by atoms with Crippen LogP contribution in [0.1, 0.15) is 56.6 Å². The lowest BCUT2D eigenvalue weighted by molar-refractivity contribution is -0.147. The van der Waals surface area contributed by atoms with Gasteiger partial charge in [0.1, 0.15) is 23.7 Å². The summed E-state index contributed by atoms with van der Waals surface area (Å²) < 4.78 is 27.1. The second kappa shape index (κ2) is 14.8. The molecule has 11 heteroatoms. The number of likely N-dealkylation sites (tertiary alicyclic amines) is 1. The first-order valence-electron chi connectivity index (χ1n) is 13.0. The summed E-state index contributed by atoms with van der Waals surface area (Å²) >= 11 is 3.53. The summed E-state index contributed by atoms with van der Waals surface area (Å²) in [5.74, 6) is -1.41. The zero-order valence-electron chi connectivity index (χ0n) is 23.8. The van der Waals surface area contributed by atoms with E-state index in [1.807, 2.05) is 13.8 Å². The molecule has 2 atom stereocenters. The number of carbonyl (C=O) groups excluding carboxylic acids is 4. The van der Waals surface area contributed by atoms with Gasteiger partial charge in [-0.15, -0.1) is 0 Å². The predicted molar refractivity (Wildman–Crippen MR) is 156 cm³/mol. The van der Waals surface area contributed by atoms with Crippen molar-refractivity contribution < 1.29 is 28.0 Å². The van der Waals surface area contributed by atoms with Crippen LogP contribution in [-0.2, 0) is 19.2 Å². The summed E-state index contributed by atoms with van der Waals surface area (Å²) in [5.41, 5.74) is 2.51. The highest BCUT2D eigenvalue weighted by molar-refractivity contribution is 7.79. The molecule has 2 heterocycles. The highest BCUT2D eigenvalue weighted by atomic mass is 32.1. The fourth-order valence-corrected chi connectivity index (χ4v) is 4.42. The van der Waals surface area contributed by atoms with E-state index >= 15 is 0 Å². The molecule has 2 unspecified atom stereocenters. The maximum absolute atomic E-state index is 13.9. The van der Waals surface area contributed by atoms with Crippen molar-refractivity contribution >= 4 is 47.6 Å². The Morgan fingerprint density at radius 3 is 2.25 bits per heavy atom. The molecule has 40 heavy (non-hydrogen) atoms. The van der Waals surface area contributed by atoms with Crippen LogP contribution in [0.25, 0.3) is 0 Å². The van der Waals surface area contributed by atoms with E-state index in [0.29, 0.717) is 42.5 Å². The molecule has 0 radical (unpaired) electrons. The molecule has 2 saturated heterocycles. The first-order chi connectivity index (χ1) is 18.9. The number of thiol groups is 1. The van der Waals surface area contributed by atoms with Crippen LogP contribution < -0.4 is 15.5 Å². The lowest BCUT2D eigenvalue weighted by atomic mass is 10.0. The lowest BCUT2D eigenvalue weighted by Crippen LogP contribution is -2.51. The van der Waals surface area contributed by atoms with Gasteiger partial charge >= 0.3 is 0 Å². The normalized spacial score (nSPS) is 18.8. The molecule has 2 aromatic carbocycles. The smallest absolute Gasteiger partial charge is 0.251 e. The van der Waals surface area contributed by atoms with Gasteiger partial charge in [0.15, 0.2) is 0 Å². The molecule has 0 aliphatic carbocycles. The number of amides is 4. The fraction of sp³-hybridized carbons (Fsp3) is 0.448. The van der Waals surface area contributed by atoms with Gasteiger partial charge in [0, 0.05) is 38.3 Å². The molecular weight excluding hydrogens is 538 g/mol. The van der Waals surface area contributed by atoms with E-state index in [4.69, 9.17) is 0 Å². The number of benzene rings is 2. The van der Waals surface area contributed by atoms with Gasteiger partial charge in [-0.25, -0.2) is 8.78 Å². The average molecular weight is 577 g/mol. The molecule has 2 aromatic rings. The first-order valence-corrected chi connectivity index (χ1v) is 13.9. The van der Waals surface area contributed by atoms with Crippen LogP contribution in [0.15, 0.2) is 36.4 Å². The van der Waals surface area contributed by atoms with Crippen LogP contribution in [0.2, 0.25) is 0 Å². The number of imide groups is 2. The highest BCUT2D eigenvalue weighted by Gasteiger charge is 2.32. The number of anilines is 2. The summed E-state index contributed by atoms with van der Waals surface area (Å²) in [6, 6.07) is 8.75. The van der Waals surface area contributed by atoms with E-state index in [9.17, 15) is 28.0 Å². The monoisotopic (exact) mass is 576 g/mol. The van der Waals surface area contributed by atoms with Crippen molar-refractivity contribution in [2.24, 2.45) is 0 Å². The summed E-state index contributed by atoms with van der Waals surface area (Å²) in [5, 5.41) is 5.32. The van der Waals surface area contributed by atoms with Crippen LogP contribution in [0.3, 0.4) is 0 Å². The minimum atomic E-state index is -0.470. The largest absolute Gasteiger partial charge is 0.374 e. The zero-order chi connectivity index (χ0) is 30.1. The molecule has 4 amide bonds. The van der Waals surface area contributed by atoms with Crippen molar-refractivity contribution in [1.29, 1.82) is 0 Å². The minimum absolute atomic E-state index is 0.115. The van der Waals surface area contributed by atoms with Crippen LogP contribution in [-0.4, -0.2) is 61.0 Å². The molecule has 218 valence electrons. The number of carbonyl (C=O) groups is 4. The number of halogens is 2. The standard InChI is InChI=1S/C15H19FN2O2.C13H15FN2O2.CH4S/c1-9(2)11-5-4-10(8-12(11)16)17-13-6-7-14(19)18(3)15(13)20;1-8-7-9(3-4-10(8)14)16(2)11-5-6-12(17)15-13(11)18;1-2/h4-5,8-9,13,17H,6-7H2,1-3H3;3-4,7,11H,5-6H2,1-2H3,(H,15,17,18);2H,1H3. The number of piperidine rings is 2. The molecule has 0 spiro atoms. The molecule has 2 aliphatic heterocycles. The molecule has 8 nitrogen and oxygen atoms in total. The molecule has 2 aliphatic rings. The quantitative estimate of drug-likeness (QED) is 0.360. The Labute approximate surface area is 239 Å². The van der Waals surface area contributed by atoms with Gasteiger partial charge in [0.2, 0.25) is 17.7 Å². The van der Waals surface area contributed by atoms with Gasteiger partial charge in [-0.2, -0.15) is 12.6 Å². The van der Waals surface area contributed by atoms with Gasteiger partial charge in [0.05, 0.1) is 0 Å². The number of hydrogen-bond acceptors (Lipinski definition) is 7. The lowest BCUT2D eigenvalue weighted by Gasteiger charge is -2.31. The van der Waals surface area contributed by atoms with E-state index in [1.54, 1.807) is 49.4 Å². The summed E-state index contributed by atoms with van der Waals surface area (Å²) in [6.07, 6.45) is 3.28. The molecule has 0 bridgehead atoms. The molecule has 4 rings (SSSR count). The van der Waals surface area contributed by atoms with E-state index in [0.717, 1.165) is 10.6 Å². The molecular formula is C29H38F2N4O4S. The van der Waals surface area contributed by atoms with Gasteiger partial charge in [-0.1, -0.05) is 19.9 Å². The summed E-state index contributed by atoms with van der Waals surface area (Å²) in [4.78, 5) is 49.0. The Morgan fingerprint density at radius 2 is 1.68 bits per heavy atom. The van der Waals surface area contributed by atoms with E-state index in [2.05, 4.69) is 23.3 Å². The number of nitrogens with zero attached hydrogens (tertiary/aromatic N) is 2. The van der Waals surface area contributed by atoms with Crippen molar-refractivity contribution in [2.45, 2.75) is 64.5 Å². The second-order valence-corrected chi connectivity index (χ2v) is 9.93. The molecule has 2 N–H and O–H groups in total. The van der Waals surface area contributed by atoms with Gasteiger partial charge in [-0.05, 0) is 73.4 Å². The van der Waals surface area contributed by atoms with Crippen LogP contribution in [0.4, 0.5) is 20.2 Å². The zero-order valence-corrected chi connectivity index (χ0v) is 24.6. The van der Waals surface area contributed by atoms with Gasteiger partial charge < -0.3 is 10.2 Å². The summed E-state index contributed by atoms with van der Waals surface area (Å²) in [7, 11) is 3.24. The van der Waals surface area contributed by atoms with Crippen LogP contribution >= 0.6 is 12.6 Å². The Balaban J connectivity index is 0.000000265. The minimum Gasteiger partial charge on any atom is -0.374 e. The van der Waals surface area contributed by atoms with E-state index in [-0.39, 0.29) is 47.2 Å². The third kappa shape index (κ3) is 8.27. The highest BCUT2D eigenvalue weighted by Crippen LogP contribution is 2.24. The van der Waals surface area contributed by atoms with Gasteiger partial charge in [-0.3, -0.25) is 29.4 Å². The molecule has 0 aromatic heterocycles. The van der Waals surface area contributed by atoms with Crippen molar-refractivity contribution in [3.63, 3.8) is 0 Å². The average Bonchev–Trinajstić information content (AvgIpc) is 2.91. The SMILES string of the molecule is CC(C)c1ccc(NC2CCC(=O)N(C)C2=O)cc1F.CS.Cc1cc(N(C)C2CCC(=O)NC2=O)ccc1F. The van der Waals surface area contributed by atoms with Crippen molar-refractivity contribution in [1.82, 2.24) is 10.2 Å². The Kier molecular flexibility index (Phi) is 12.1. The first kappa shape index (κ1) is 32.7. The Morgan fingerprint density at radius 1 is 1.00 bits per heavy atom. The maximum Gasteiger partial charge on any atom is 0.251 e. The van der Waals surface area contributed by atoms with E-state index in [1.165, 1.54) is 19.2 Å². The maximum atomic E-state index is 13.9. The number of nitrogens with one attached hydrogen (secondary N) is 2. The number of aryl methyl sites for hydroxylation is 1.